The van der Waals surface area contributed by atoms with Crippen molar-refractivity contribution in [2.24, 2.45) is 0 Å². The fourth-order valence-corrected chi connectivity index (χ4v) is 4.49. The zero-order chi connectivity index (χ0) is 25.7. The number of aliphatic hydroxyl groups is 1. The third-order valence-corrected chi connectivity index (χ3v) is 6.34. The highest BCUT2D eigenvalue weighted by Gasteiger charge is 2.25. The topological polar surface area (TPSA) is 96.7 Å². The Bertz CT molecular complexity index is 1240. The van der Waals surface area contributed by atoms with E-state index in [9.17, 15) is 18.9 Å². The van der Waals surface area contributed by atoms with Gasteiger partial charge in [0.05, 0.1) is 23.9 Å². The van der Waals surface area contributed by atoms with Gasteiger partial charge >= 0.3 is 5.97 Å². The molecule has 2 atom stereocenters. The van der Waals surface area contributed by atoms with Crippen molar-refractivity contribution in [2.75, 3.05) is 6.16 Å². The molecule has 0 saturated carbocycles. The first-order valence-corrected chi connectivity index (χ1v) is 12.8. The lowest BCUT2D eigenvalue weighted by Crippen LogP contribution is -2.18. The molecule has 0 aliphatic heterocycles. The summed E-state index contributed by atoms with van der Waals surface area (Å²) in [5, 5.41) is 9.87. The van der Waals surface area contributed by atoms with Gasteiger partial charge in [0, 0.05) is 17.3 Å². The number of esters is 1. The molecule has 0 amide bonds. The number of benzene rings is 2. The number of carbonyl (C=O) groups excluding carboxylic acids is 1. The summed E-state index contributed by atoms with van der Waals surface area (Å²) in [5.41, 5.74) is 5.04. The van der Waals surface area contributed by atoms with Crippen molar-refractivity contribution in [1.29, 1.82) is 0 Å². The van der Waals surface area contributed by atoms with Crippen LogP contribution in [0.2, 0.25) is 0 Å². The van der Waals surface area contributed by atoms with Gasteiger partial charge in [-0.25, -0.2) is 4.39 Å². The summed E-state index contributed by atoms with van der Waals surface area (Å²) in [5.74, 6) is -1.20. The van der Waals surface area contributed by atoms with Crippen molar-refractivity contribution < 1.29 is 28.5 Å². The van der Waals surface area contributed by atoms with Gasteiger partial charge in [-0.3, -0.25) is 14.3 Å². The van der Waals surface area contributed by atoms with Crippen LogP contribution in [0.5, 0.6) is 0 Å². The zero-order valence-corrected chi connectivity index (χ0v) is 20.9. The van der Waals surface area contributed by atoms with Crippen LogP contribution in [-0.4, -0.2) is 33.2 Å². The summed E-state index contributed by atoms with van der Waals surface area (Å²) < 4.78 is 30.2. The Morgan fingerprint density at radius 2 is 1.74 bits per heavy atom. The third kappa shape index (κ3) is 6.51. The normalized spacial score (nSPS) is 12.9. The van der Waals surface area contributed by atoms with Crippen molar-refractivity contribution in [3.05, 3.63) is 83.8 Å². The van der Waals surface area contributed by atoms with Crippen LogP contribution >= 0.6 is 8.03 Å². The Morgan fingerprint density at radius 1 is 1.11 bits per heavy atom. The predicted octanol–water partition coefficient (Wildman–Crippen LogP) is 5.72. The minimum absolute atomic E-state index is 0.0390. The van der Waals surface area contributed by atoms with E-state index in [2.05, 4.69) is 6.58 Å². The van der Waals surface area contributed by atoms with Crippen molar-refractivity contribution >= 4 is 19.8 Å². The van der Waals surface area contributed by atoms with Crippen LogP contribution in [0.1, 0.15) is 43.0 Å². The molecule has 184 valence electrons. The molecule has 1 heterocycles. The number of aromatic nitrogens is 1. The van der Waals surface area contributed by atoms with Crippen LogP contribution in [0.3, 0.4) is 0 Å². The number of carbonyl (C=O) groups is 1. The molecule has 3 rings (SSSR count). The van der Waals surface area contributed by atoms with Crippen molar-refractivity contribution in [3.8, 4) is 22.4 Å². The molecular formula is C27H29FNO5P. The first-order valence-electron chi connectivity index (χ1n) is 11.2. The summed E-state index contributed by atoms with van der Waals surface area (Å²) in [6, 6.07) is 15.7. The van der Waals surface area contributed by atoms with Gasteiger partial charge in [0.2, 0.25) is 0 Å². The molecule has 2 aromatic carbocycles. The zero-order valence-electron chi connectivity index (χ0n) is 19.9. The summed E-state index contributed by atoms with van der Waals surface area (Å²) in [4.78, 5) is 26.4. The number of rotatable bonds is 9. The lowest BCUT2D eigenvalue weighted by atomic mass is 9.88. The number of halogens is 1. The van der Waals surface area contributed by atoms with Gasteiger partial charge in [-0.1, -0.05) is 62.9 Å². The van der Waals surface area contributed by atoms with E-state index in [1.54, 1.807) is 12.1 Å². The second-order valence-corrected chi connectivity index (χ2v) is 9.80. The molecule has 2 N–H and O–H groups in total. The summed E-state index contributed by atoms with van der Waals surface area (Å²) >= 11 is 0. The molecule has 0 aliphatic carbocycles. The Balaban J connectivity index is 2.16. The maximum atomic E-state index is 13.7. The smallest absolute Gasteiger partial charge is 0.313 e. The molecule has 1 aromatic heterocycles. The minimum Gasteiger partial charge on any atom is -0.426 e. The van der Waals surface area contributed by atoms with E-state index >= 15 is 0 Å². The molecule has 0 saturated heterocycles. The van der Waals surface area contributed by atoms with E-state index in [4.69, 9.17) is 14.6 Å². The fourth-order valence-electron chi connectivity index (χ4n) is 3.94. The Morgan fingerprint density at radius 3 is 2.31 bits per heavy atom. The minimum atomic E-state index is -2.93. The molecule has 2 unspecified atom stereocenters. The van der Waals surface area contributed by atoms with Gasteiger partial charge in [0.25, 0.3) is 0 Å². The first kappa shape index (κ1) is 26.5. The molecule has 0 fully saturated rings. The van der Waals surface area contributed by atoms with Crippen LogP contribution < -0.4 is 0 Å². The molecule has 0 radical (unpaired) electrons. The molecule has 0 aliphatic rings. The van der Waals surface area contributed by atoms with E-state index in [0.29, 0.717) is 22.4 Å². The van der Waals surface area contributed by atoms with Gasteiger partial charge in [-0.2, -0.15) is 0 Å². The van der Waals surface area contributed by atoms with Crippen LogP contribution in [0.25, 0.3) is 28.1 Å². The fraction of sp³-hybridized carbons (Fsp3) is 0.259. The Hall–Kier alpha value is -3.12. The first-order chi connectivity index (χ1) is 16.6. The van der Waals surface area contributed by atoms with Gasteiger partial charge < -0.3 is 14.7 Å². The lowest BCUT2D eigenvalue weighted by Gasteiger charge is -2.23. The van der Waals surface area contributed by atoms with Crippen LogP contribution in [0.15, 0.2) is 61.2 Å². The maximum absolute atomic E-state index is 13.7. The molecule has 0 bridgehead atoms. The average molecular weight is 498 g/mol. The van der Waals surface area contributed by atoms with Gasteiger partial charge in [-0.15, -0.1) is 0 Å². The third-order valence-electron chi connectivity index (χ3n) is 5.52. The second-order valence-electron chi connectivity index (χ2n) is 8.60. The number of hydrogen-bond acceptors (Lipinski definition) is 5. The number of hydrogen-bond donors (Lipinski definition) is 2. The number of ether oxygens (including phenoxy) is 1. The molecule has 3 aromatic rings. The molecule has 6 nitrogen and oxygen atoms in total. The quantitative estimate of drug-likeness (QED) is 0.223. The van der Waals surface area contributed by atoms with Crippen molar-refractivity contribution in [2.45, 2.75) is 39.2 Å². The van der Waals surface area contributed by atoms with Crippen LogP contribution in [0, 0.1) is 12.7 Å². The predicted molar refractivity (Wildman–Crippen MR) is 136 cm³/mol. The Labute approximate surface area is 205 Å². The number of pyridine rings is 1. The average Bonchev–Trinajstić information content (AvgIpc) is 2.79. The van der Waals surface area contributed by atoms with Gasteiger partial charge in [0.1, 0.15) is 11.6 Å². The van der Waals surface area contributed by atoms with Crippen molar-refractivity contribution in [3.63, 3.8) is 0 Å². The van der Waals surface area contributed by atoms with E-state index in [1.165, 1.54) is 12.1 Å². The lowest BCUT2D eigenvalue weighted by molar-refractivity contribution is -0.138. The summed E-state index contributed by atoms with van der Waals surface area (Å²) in [6.07, 6.45) is -2.14. The summed E-state index contributed by atoms with van der Waals surface area (Å²) in [6.45, 7) is 9.80. The van der Waals surface area contributed by atoms with Gasteiger partial charge in [-0.05, 0) is 41.7 Å². The highest BCUT2D eigenvalue weighted by Crippen LogP contribution is 2.40. The van der Waals surface area contributed by atoms with Crippen LogP contribution in [0.4, 0.5) is 4.39 Å². The largest absolute Gasteiger partial charge is 0.426 e. The van der Waals surface area contributed by atoms with E-state index < -0.39 is 32.7 Å². The van der Waals surface area contributed by atoms with Crippen LogP contribution in [-0.2, 0) is 14.1 Å². The van der Waals surface area contributed by atoms with E-state index in [-0.39, 0.29) is 17.5 Å². The molecule has 0 spiro atoms. The molecule has 35 heavy (non-hydrogen) atoms. The number of nitrogens with zero attached hydrogens (tertiary/aromatic N) is 1. The highest BCUT2D eigenvalue weighted by atomic mass is 31.1. The SMILES string of the molecule is C=C(OC(=O)CC(O)C[PH](=O)O)c1c(C(C)C)nc(-c2ccccc2)c(C)c1-c1ccc(F)cc1. The highest BCUT2D eigenvalue weighted by molar-refractivity contribution is 7.38. The molecule has 8 heteroatoms. The Kier molecular flexibility index (Phi) is 8.73. The van der Waals surface area contributed by atoms with Crippen molar-refractivity contribution in [1.82, 2.24) is 4.98 Å². The monoisotopic (exact) mass is 497 g/mol. The standard InChI is InChI=1S/C27H29FNO5P/c1-16(2)26-25(18(4)34-23(31)14-22(30)15-35(32)33)24(19-10-12-21(28)13-11-19)17(3)27(29-26)20-8-6-5-7-9-20/h5-13,16,22,30,35H,4,14-15H2,1-3H3,(H,32,33). The summed E-state index contributed by atoms with van der Waals surface area (Å²) in [7, 11) is -2.93. The van der Waals surface area contributed by atoms with Gasteiger partial charge in [0.15, 0.2) is 8.03 Å². The number of aliphatic hydroxyl groups excluding tert-OH is 1. The second kappa shape index (κ2) is 11.5. The van der Waals surface area contributed by atoms with E-state index in [1.807, 2.05) is 51.1 Å². The molecular weight excluding hydrogens is 468 g/mol. The maximum Gasteiger partial charge on any atom is 0.313 e. The van der Waals surface area contributed by atoms with E-state index in [0.717, 1.165) is 16.8 Å².